The van der Waals surface area contributed by atoms with Crippen molar-refractivity contribution in [3.05, 3.63) is 41.0 Å². The number of hydrogen-bond donors (Lipinski definition) is 5. The zero-order valence-corrected chi connectivity index (χ0v) is 28.0. The summed E-state index contributed by atoms with van der Waals surface area (Å²) in [5, 5.41) is 23.3. The fourth-order valence-corrected chi connectivity index (χ4v) is 7.38. The number of β-amino-alcohol motifs (C(OH)–C–C–N with tert-alkyl or cyclic N) is 1. The van der Waals surface area contributed by atoms with Crippen LogP contribution in [0, 0.1) is 12.3 Å². The molecule has 5 rings (SSSR count). The number of carbonyl (C=O) groups is 3. The molecule has 3 amide bonds. The number of aryl methyl sites for hydroxylation is 1. The van der Waals surface area contributed by atoms with Crippen LogP contribution in [0.2, 0.25) is 0 Å². The fourth-order valence-electron chi connectivity index (χ4n) is 6.56. The van der Waals surface area contributed by atoms with Crippen LogP contribution < -0.4 is 21.3 Å². The molecule has 3 aliphatic rings. The third-order valence-electron chi connectivity index (χ3n) is 9.39. The van der Waals surface area contributed by atoms with E-state index in [0.29, 0.717) is 6.04 Å². The van der Waals surface area contributed by atoms with Gasteiger partial charge >= 0.3 is 0 Å². The van der Waals surface area contributed by atoms with Crippen LogP contribution in [0.4, 0.5) is 0 Å². The first-order valence-corrected chi connectivity index (χ1v) is 17.1. The number of piperazine rings is 1. The smallest absolute Gasteiger partial charge is 0.246 e. The van der Waals surface area contributed by atoms with Gasteiger partial charge in [-0.25, -0.2) is 4.98 Å². The molecule has 5 N–H and O–H groups in total. The zero-order valence-electron chi connectivity index (χ0n) is 27.1. The molecule has 4 atom stereocenters. The number of nitrogens with one attached hydrogen (secondary N) is 4. The molecule has 1 aromatic carbocycles. The van der Waals surface area contributed by atoms with Crippen molar-refractivity contribution in [3.63, 3.8) is 0 Å². The second-order valence-corrected chi connectivity index (χ2v) is 14.7. The van der Waals surface area contributed by atoms with E-state index in [1.807, 2.05) is 64.4 Å². The molecule has 0 bridgehead atoms. The number of benzene rings is 1. The van der Waals surface area contributed by atoms with Crippen LogP contribution >= 0.6 is 11.3 Å². The normalized spacial score (nSPS) is 25.3. The first kappa shape index (κ1) is 33.5. The summed E-state index contributed by atoms with van der Waals surface area (Å²) in [4.78, 5) is 49.9. The van der Waals surface area contributed by atoms with E-state index >= 15 is 0 Å². The molecule has 0 radical (unpaired) electrons. The highest BCUT2D eigenvalue weighted by atomic mass is 32.1. The lowest BCUT2D eigenvalue weighted by Gasteiger charge is -2.45. The lowest BCUT2D eigenvalue weighted by Crippen LogP contribution is -2.60. The number of hydrogen-bond acceptors (Lipinski definition) is 9. The van der Waals surface area contributed by atoms with Gasteiger partial charge in [-0.3, -0.25) is 19.3 Å². The number of amides is 3. The van der Waals surface area contributed by atoms with Crippen molar-refractivity contribution in [3.8, 4) is 10.4 Å². The number of thiazole rings is 1. The molecule has 12 heteroatoms. The summed E-state index contributed by atoms with van der Waals surface area (Å²) in [5.74, 6) is -0.924. The molecule has 2 aliphatic heterocycles. The van der Waals surface area contributed by atoms with Gasteiger partial charge in [-0.05, 0) is 43.2 Å². The Morgan fingerprint density at radius 3 is 2.40 bits per heavy atom. The van der Waals surface area contributed by atoms with Crippen molar-refractivity contribution >= 4 is 29.1 Å². The highest BCUT2D eigenvalue weighted by molar-refractivity contribution is 7.13. The van der Waals surface area contributed by atoms with Crippen LogP contribution in [-0.2, 0) is 14.4 Å². The monoisotopic (exact) mass is 639 g/mol. The topological polar surface area (TPSA) is 139 Å². The SMILES string of the molecule is Cc1ncsc1-c1ccc([C@H](C)NC(=O)[C@@H]2C[C@@H](O)CN2C(=O)[C@@H](NC(=O)CNC2CC(N3CCNCC3)C2)C(C)(C)C)cc1. The Morgan fingerprint density at radius 2 is 1.78 bits per heavy atom. The summed E-state index contributed by atoms with van der Waals surface area (Å²) in [5.41, 5.74) is 4.22. The summed E-state index contributed by atoms with van der Waals surface area (Å²) in [6.45, 7) is 13.9. The molecule has 45 heavy (non-hydrogen) atoms. The quantitative estimate of drug-likeness (QED) is 0.266. The van der Waals surface area contributed by atoms with Crippen molar-refractivity contribution in [1.29, 1.82) is 0 Å². The van der Waals surface area contributed by atoms with Gasteiger partial charge in [-0.1, -0.05) is 45.0 Å². The van der Waals surface area contributed by atoms with Crippen molar-refractivity contribution in [2.75, 3.05) is 39.3 Å². The predicted octanol–water partition coefficient (Wildman–Crippen LogP) is 1.81. The first-order valence-electron chi connectivity index (χ1n) is 16.2. The van der Waals surface area contributed by atoms with Crippen LogP contribution in [0.1, 0.15) is 64.3 Å². The van der Waals surface area contributed by atoms with Crippen molar-refractivity contribution < 1.29 is 19.5 Å². The fraction of sp³-hybridized carbons (Fsp3) is 0.636. The van der Waals surface area contributed by atoms with E-state index in [4.69, 9.17) is 0 Å². The van der Waals surface area contributed by atoms with Gasteiger partial charge < -0.3 is 31.3 Å². The van der Waals surface area contributed by atoms with E-state index in [9.17, 15) is 19.5 Å². The van der Waals surface area contributed by atoms with Crippen LogP contribution in [0.3, 0.4) is 0 Å². The Kier molecular flexibility index (Phi) is 10.6. The molecule has 0 unspecified atom stereocenters. The predicted molar refractivity (Wildman–Crippen MR) is 176 cm³/mol. The van der Waals surface area contributed by atoms with E-state index in [0.717, 1.165) is 60.7 Å². The lowest BCUT2D eigenvalue weighted by atomic mass is 9.84. The summed E-state index contributed by atoms with van der Waals surface area (Å²) in [6, 6.07) is 6.90. The van der Waals surface area contributed by atoms with E-state index in [2.05, 4.69) is 31.2 Å². The Bertz CT molecular complexity index is 1330. The van der Waals surface area contributed by atoms with Crippen molar-refractivity contribution in [2.45, 2.75) is 90.2 Å². The summed E-state index contributed by atoms with van der Waals surface area (Å²) in [7, 11) is 0. The van der Waals surface area contributed by atoms with Gasteiger partial charge in [0.05, 0.1) is 34.8 Å². The molecule has 11 nitrogen and oxygen atoms in total. The average Bonchev–Trinajstić information content (AvgIpc) is 3.60. The number of aliphatic hydroxyl groups excluding tert-OH is 1. The molecule has 3 heterocycles. The first-order chi connectivity index (χ1) is 21.4. The summed E-state index contributed by atoms with van der Waals surface area (Å²) >= 11 is 1.59. The number of nitrogens with zero attached hydrogens (tertiary/aromatic N) is 3. The Morgan fingerprint density at radius 1 is 1.09 bits per heavy atom. The molecule has 1 aromatic heterocycles. The highest BCUT2D eigenvalue weighted by Gasteiger charge is 2.45. The number of likely N-dealkylation sites (tertiary alicyclic amines) is 1. The third-order valence-corrected chi connectivity index (χ3v) is 10.4. The van der Waals surface area contributed by atoms with Gasteiger partial charge in [-0.2, -0.15) is 0 Å². The summed E-state index contributed by atoms with van der Waals surface area (Å²) < 4.78 is 0. The van der Waals surface area contributed by atoms with Gasteiger partial charge in [0.2, 0.25) is 17.7 Å². The lowest BCUT2D eigenvalue weighted by molar-refractivity contribution is -0.144. The Balaban J connectivity index is 1.16. The molecule has 0 spiro atoms. The number of carbonyl (C=O) groups excluding carboxylic acids is 3. The maximum absolute atomic E-state index is 13.9. The number of aromatic nitrogens is 1. The number of rotatable bonds is 10. The summed E-state index contributed by atoms with van der Waals surface area (Å²) in [6.07, 6.45) is 1.37. The third kappa shape index (κ3) is 8.10. The van der Waals surface area contributed by atoms with E-state index in [1.54, 1.807) is 11.3 Å². The average molecular weight is 640 g/mol. The van der Waals surface area contributed by atoms with Gasteiger partial charge in [0.15, 0.2) is 0 Å². The van der Waals surface area contributed by atoms with Crippen LogP contribution in [-0.4, -0.2) is 107 Å². The largest absolute Gasteiger partial charge is 0.391 e. The second-order valence-electron chi connectivity index (χ2n) is 13.9. The number of aliphatic hydroxyl groups is 1. The van der Waals surface area contributed by atoms with Gasteiger partial charge in [0, 0.05) is 51.2 Å². The van der Waals surface area contributed by atoms with Crippen LogP contribution in [0.5, 0.6) is 0 Å². The standard InChI is InChI=1S/C33H49N7O4S/c1-20(22-6-8-23(9-7-22)29-21(2)36-19-45-29)37-31(43)27-16-26(41)18-40(27)32(44)30(33(3,4)5)38-28(42)17-35-24-14-25(15-24)39-12-10-34-11-13-39/h6-9,19-20,24-27,30,34-35,41H,10-18H2,1-5H3,(H,37,43)(H,38,42)/t20-,24?,25?,26+,27-,30+/m0/s1. The van der Waals surface area contributed by atoms with Crippen molar-refractivity contribution in [2.24, 2.45) is 5.41 Å². The molecule has 1 aliphatic carbocycles. The van der Waals surface area contributed by atoms with Gasteiger partial charge in [-0.15, -0.1) is 11.3 Å². The minimum atomic E-state index is -0.845. The zero-order chi connectivity index (χ0) is 32.3. The highest BCUT2D eigenvalue weighted by Crippen LogP contribution is 2.30. The maximum atomic E-state index is 13.9. The molecule has 2 aromatic rings. The second kappa shape index (κ2) is 14.3. The minimum absolute atomic E-state index is 0.0460. The Hall–Kier alpha value is -2.90. The van der Waals surface area contributed by atoms with E-state index in [1.165, 1.54) is 4.90 Å². The van der Waals surface area contributed by atoms with Gasteiger partial charge in [0.1, 0.15) is 12.1 Å². The Labute approximate surface area is 270 Å². The van der Waals surface area contributed by atoms with E-state index < -0.39 is 23.6 Å². The molecular weight excluding hydrogens is 590 g/mol. The van der Waals surface area contributed by atoms with Crippen LogP contribution in [0.15, 0.2) is 29.8 Å². The van der Waals surface area contributed by atoms with Gasteiger partial charge in [0.25, 0.3) is 0 Å². The van der Waals surface area contributed by atoms with Crippen molar-refractivity contribution in [1.82, 2.24) is 36.1 Å². The van der Waals surface area contributed by atoms with Crippen LogP contribution in [0.25, 0.3) is 10.4 Å². The molecule has 2 saturated heterocycles. The molecular formula is C33H49N7O4S. The molecule has 246 valence electrons. The minimum Gasteiger partial charge on any atom is -0.391 e. The molecule has 3 fully saturated rings. The molecule has 1 saturated carbocycles. The van der Waals surface area contributed by atoms with E-state index in [-0.39, 0.29) is 49.3 Å². The maximum Gasteiger partial charge on any atom is 0.246 e.